The molecule has 0 bridgehead atoms. The first-order chi connectivity index (χ1) is 9.45. The number of aliphatic carboxylic acids is 1. The monoisotopic (exact) mass is 285 g/mol. The second kappa shape index (κ2) is 7.02. The summed E-state index contributed by atoms with van der Waals surface area (Å²) >= 11 is 0. The molecule has 1 rings (SSSR count). The van der Waals surface area contributed by atoms with Crippen LogP contribution in [0.1, 0.15) is 0 Å². The minimum atomic E-state index is -1.63. The van der Waals surface area contributed by atoms with Gasteiger partial charge < -0.3 is 15.7 Å². The molecule has 20 heavy (non-hydrogen) atoms. The number of benzene rings is 1. The molecule has 0 spiro atoms. The van der Waals surface area contributed by atoms with Gasteiger partial charge in [-0.3, -0.25) is 14.9 Å². The molecule has 108 valence electrons. The van der Waals surface area contributed by atoms with Crippen LogP contribution in [0.2, 0.25) is 0 Å². The van der Waals surface area contributed by atoms with Crippen molar-refractivity contribution in [1.29, 1.82) is 0 Å². The number of carboxylic acids is 1. The highest BCUT2D eigenvalue weighted by molar-refractivity contribution is 5.86. The van der Waals surface area contributed by atoms with Crippen LogP contribution < -0.4 is 10.6 Å². The summed E-state index contributed by atoms with van der Waals surface area (Å²) in [5, 5.41) is 23.7. The molecule has 1 atom stereocenters. The fourth-order valence-electron chi connectivity index (χ4n) is 1.37. The zero-order valence-electron chi connectivity index (χ0n) is 10.2. The highest BCUT2D eigenvalue weighted by Gasteiger charge is 2.20. The van der Waals surface area contributed by atoms with Gasteiger partial charge in [-0.05, 0) is 6.07 Å². The van der Waals surface area contributed by atoms with Crippen molar-refractivity contribution in [3.8, 4) is 0 Å². The Balaban J connectivity index is 2.61. The molecule has 0 aromatic heterocycles. The van der Waals surface area contributed by atoms with Crippen LogP contribution in [0.5, 0.6) is 0 Å². The number of nitrogens with one attached hydrogen (secondary N) is 2. The quantitative estimate of drug-likeness (QED) is 0.496. The van der Waals surface area contributed by atoms with E-state index in [-0.39, 0.29) is 11.4 Å². The van der Waals surface area contributed by atoms with E-state index in [1.54, 1.807) is 0 Å². The number of amides is 1. The van der Waals surface area contributed by atoms with Gasteiger partial charge in [-0.2, -0.15) is 0 Å². The molecule has 3 N–H and O–H groups in total. The van der Waals surface area contributed by atoms with E-state index in [0.29, 0.717) is 0 Å². The maximum atomic E-state index is 12.3. The number of anilines is 1. The molecule has 1 unspecified atom stereocenters. The standard InChI is InChI=1S/C11H12FN3O5/c12-5-8(11(17)18)14-10(16)6-13-7-3-1-2-4-9(7)15(19)20/h1-4,8,13H,5-6H2,(H,14,16)(H,17,18). The third kappa shape index (κ3) is 4.19. The summed E-state index contributed by atoms with van der Waals surface area (Å²) in [5.41, 5.74) is -0.111. The zero-order chi connectivity index (χ0) is 15.1. The van der Waals surface area contributed by atoms with Crippen molar-refractivity contribution in [1.82, 2.24) is 5.32 Å². The van der Waals surface area contributed by atoms with E-state index in [1.165, 1.54) is 24.3 Å². The first kappa shape index (κ1) is 15.3. The van der Waals surface area contributed by atoms with Crippen LogP contribution in [0.4, 0.5) is 15.8 Å². The molecule has 1 aromatic rings. The number of para-hydroxylation sites is 2. The Labute approximate surface area is 112 Å². The fraction of sp³-hybridized carbons (Fsp3) is 0.273. The van der Waals surface area contributed by atoms with Gasteiger partial charge in [0, 0.05) is 6.07 Å². The van der Waals surface area contributed by atoms with E-state index in [1.807, 2.05) is 5.32 Å². The van der Waals surface area contributed by atoms with Gasteiger partial charge >= 0.3 is 5.97 Å². The van der Waals surface area contributed by atoms with Gasteiger partial charge in [0.1, 0.15) is 12.4 Å². The van der Waals surface area contributed by atoms with Gasteiger partial charge in [-0.1, -0.05) is 12.1 Å². The second-order valence-electron chi connectivity index (χ2n) is 3.74. The lowest BCUT2D eigenvalue weighted by Crippen LogP contribution is -2.44. The number of halogens is 1. The highest BCUT2D eigenvalue weighted by Crippen LogP contribution is 2.22. The normalized spacial score (nSPS) is 11.4. The predicted molar refractivity (Wildman–Crippen MR) is 67.1 cm³/mol. The maximum absolute atomic E-state index is 12.3. The van der Waals surface area contributed by atoms with Crippen LogP contribution in [-0.4, -0.2) is 41.2 Å². The van der Waals surface area contributed by atoms with E-state index < -0.39 is 36.1 Å². The predicted octanol–water partition coefficient (Wildman–Crippen LogP) is 0.546. The summed E-state index contributed by atoms with van der Waals surface area (Å²) in [6, 6.07) is 4.02. The van der Waals surface area contributed by atoms with Crippen molar-refractivity contribution < 1.29 is 24.0 Å². The summed E-state index contributed by atoms with van der Waals surface area (Å²) in [4.78, 5) is 32.0. The summed E-state index contributed by atoms with van der Waals surface area (Å²) < 4.78 is 12.3. The number of hydrogen-bond acceptors (Lipinski definition) is 5. The summed E-state index contributed by atoms with van der Waals surface area (Å²) in [6.07, 6.45) is 0. The molecule has 0 fully saturated rings. The van der Waals surface area contributed by atoms with Gasteiger partial charge in [-0.15, -0.1) is 0 Å². The first-order valence-electron chi connectivity index (χ1n) is 5.51. The Hall–Kier alpha value is -2.71. The number of hydrogen-bond donors (Lipinski definition) is 3. The van der Waals surface area contributed by atoms with Gasteiger partial charge in [0.15, 0.2) is 6.04 Å². The van der Waals surface area contributed by atoms with Crippen molar-refractivity contribution in [2.24, 2.45) is 0 Å². The van der Waals surface area contributed by atoms with Crippen LogP contribution in [-0.2, 0) is 9.59 Å². The molecule has 1 aromatic carbocycles. The molecule has 0 aliphatic heterocycles. The lowest BCUT2D eigenvalue weighted by molar-refractivity contribution is -0.383. The van der Waals surface area contributed by atoms with Crippen LogP contribution in [0.15, 0.2) is 24.3 Å². The van der Waals surface area contributed by atoms with Crippen molar-refractivity contribution in [2.75, 3.05) is 18.5 Å². The number of nitrogens with zero attached hydrogens (tertiary/aromatic N) is 1. The largest absolute Gasteiger partial charge is 0.480 e. The van der Waals surface area contributed by atoms with Crippen LogP contribution in [0, 0.1) is 10.1 Å². The minimum Gasteiger partial charge on any atom is -0.480 e. The Bertz CT molecular complexity index is 523. The Kier molecular flexibility index (Phi) is 5.39. The third-order valence-electron chi connectivity index (χ3n) is 2.33. The summed E-state index contributed by atoms with van der Waals surface area (Å²) in [7, 11) is 0. The number of alkyl halides is 1. The minimum absolute atomic E-state index is 0.111. The Morgan fingerprint density at radius 1 is 1.40 bits per heavy atom. The molecule has 8 nitrogen and oxygen atoms in total. The molecule has 0 saturated carbocycles. The number of rotatable bonds is 7. The van der Waals surface area contributed by atoms with Gasteiger partial charge in [0.2, 0.25) is 5.91 Å². The van der Waals surface area contributed by atoms with Crippen LogP contribution >= 0.6 is 0 Å². The topological polar surface area (TPSA) is 122 Å². The van der Waals surface area contributed by atoms with Crippen molar-refractivity contribution >= 4 is 23.3 Å². The Morgan fingerprint density at radius 3 is 2.60 bits per heavy atom. The van der Waals surface area contributed by atoms with Crippen LogP contribution in [0.25, 0.3) is 0 Å². The number of nitro benzene ring substituents is 1. The molecule has 1 amide bonds. The average molecular weight is 285 g/mol. The molecule has 0 radical (unpaired) electrons. The van der Waals surface area contributed by atoms with Gasteiger partial charge in [0.25, 0.3) is 5.69 Å². The first-order valence-corrected chi connectivity index (χ1v) is 5.51. The van der Waals surface area contributed by atoms with E-state index >= 15 is 0 Å². The number of carbonyl (C=O) groups excluding carboxylic acids is 1. The molecule has 0 saturated heterocycles. The molecule has 0 aliphatic carbocycles. The summed E-state index contributed by atoms with van der Waals surface area (Å²) in [6.45, 7) is -1.65. The molecular weight excluding hydrogens is 273 g/mol. The van der Waals surface area contributed by atoms with Crippen LogP contribution in [0.3, 0.4) is 0 Å². The smallest absolute Gasteiger partial charge is 0.328 e. The zero-order valence-corrected chi connectivity index (χ0v) is 10.2. The Morgan fingerprint density at radius 2 is 2.05 bits per heavy atom. The molecular formula is C11H12FN3O5. The van der Waals surface area contributed by atoms with Gasteiger partial charge in [-0.25, -0.2) is 9.18 Å². The number of nitro groups is 1. The molecule has 9 heteroatoms. The van der Waals surface area contributed by atoms with E-state index in [9.17, 15) is 24.1 Å². The van der Waals surface area contributed by atoms with E-state index in [0.717, 1.165) is 0 Å². The van der Waals surface area contributed by atoms with Crippen molar-refractivity contribution in [2.45, 2.75) is 6.04 Å². The fourth-order valence-corrected chi connectivity index (χ4v) is 1.37. The van der Waals surface area contributed by atoms with Gasteiger partial charge in [0.05, 0.1) is 11.5 Å². The lowest BCUT2D eigenvalue weighted by atomic mass is 10.2. The average Bonchev–Trinajstić information content (AvgIpc) is 2.42. The summed E-state index contributed by atoms with van der Waals surface area (Å²) in [5.74, 6) is -2.28. The van der Waals surface area contributed by atoms with E-state index in [4.69, 9.17) is 5.11 Å². The molecule has 0 aliphatic rings. The maximum Gasteiger partial charge on any atom is 0.328 e. The number of carbonyl (C=O) groups is 2. The molecule has 0 heterocycles. The van der Waals surface area contributed by atoms with E-state index in [2.05, 4.69) is 5.32 Å². The SMILES string of the molecule is O=C(CNc1ccccc1[N+](=O)[O-])NC(CF)C(=O)O. The number of carboxylic acid groups (broad SMARTS) is 1. The highest BCUT2D eigenvalue weighted by atomic mass is 19.1. The second-order valence-corrected chi connectivity index (χ2v) is 3.74. The lowest BCUT2D eigenvalue weighted by Gasteiger charge is -2.11. The van der Waals surface area contributed by atoms with Crippen molar-refractivity contribution in [3.63, 3.8) is 0 Å². The third-order valence-corrected chi connectivity index (χ3v) is 2.33. The van der Waals surface area contributed by atoms with Crippen molar-refractivity contribution in [3.05, 3.63) is 34.4 Å².